The lowest BCUT2D eigenvalue weighted by molar-refractivity contribution is -0.267. The van der Waals surface area contributed by atoms with Crippen molar-refractivity contribution in [1.29, 1.82) is 0 Å². The topological polar surface area (TPSA) is 234 Å². The normalized spacial score (nSPS) is 27.5. The van der Waals surface area contributed by atoms with E-state index in [1.54, 1.807) is 24.3 Å². The zero-order valence-corrected chi connectivity index (χ0v) is 31.4. The largest absolute Gasteiger partial charge is 0.463 e. The fraction of sp³-hybridized carbons (Fsp3) is 0.556. The minimum atomic E-state index is -1.50. The highest BCUT2D eigenvalue weighted by Crippen LogP contribution is 2.43. The van der Waals surface area contributed by atoms with Gasteiger partial charge in [-0.3, -0.25) is 38.4 Å². The number of fused-ring (bicyclic) bond motifs is 1. The van der Waals surface area contributed by atoms with Crippen molar-refractivity contribution in [3.05, 3.63) is 36.0 Å². The molecule has 2 saturated heterocycles. The number of benzene rings is 1. The summed E-state index contributed by atoms with van der Waals surface area (Å²) in [6.45, 7) is 7.92. The molecule has 300 valence electrons. The van der Waals surface area contributed by atoms with E-state index in [0.717, 1.165) is 55.4 Å². The molecule has 4 rings (SSSR count). The number of carbonyl (C=O) groups excluding carboxylic acids is 8. The SMILES string of the molecule is CC(=O)OC[C@H]1O[C@H](c2cn([C@H]3O[C@H](COC(C)=O)[C@@H](OC(C)=O)[C@H](OC(C)=O)[C@@H]3OC(C)=O)c3ccccc23)[C@@H](OC(C)=O)[C@@H](OC(C)=O)[C@@H]1OC(C)=O. The van der Waals surface area contributed by atoms with Gasteiger partial charge in [0.25, 0.3) is 0 Å². The van der Waals surface area contributed by atoms with E-state index in [1.165, 1.54) is 10.8 Å². The van der Waals surface area contributed by atoms with Gasteiger partial charge >= 0.3 is 47.8 Å². The summed E-state index contributed by atoms with van der Waals surface area (Å²) < 4.78 is 58.5. The first kappa shape index (κ1) is 42.2. The molecule has 0 radical (unpaired) electrons. The van der Waals surface area contributed by atoms with Crippen LogP contribution in [0.15, 0.2) is 30.5 Å². The number of aromatic nitrogens is 1. The second-order valence-corrected chi connectivity index (χ2v) is 12.7. The number of rotatable bonds is 12. The fourth-order valence-electron chi connectivity index (χ4n) is 6.58. The lowest BCUT2D eigenvalue weighted by Gasteiger charge is -2.45. The van der Waals surface area contributed by atoms with E-state index in [4.69, 9.17) is 47.4 Å². The van der Waals surface area contributed by atoms with Gasteiger partial charge in [-0.1, -0.05) is 18.2 Å². The Morgan fingerprint density at radius 3 is 1.38 bits per heavy atom. The van der Waals surface area contributed by atoms with Crippen molar-refractivity contribution in [2.45, 2.75) is 117 Å². The maximum absolute atomic E-state index is 12.6. The van der Waals surface area contributed by atoms with E-state index in [-0.39, 0.29) is 5.56 Å². The smallest absolute Gasteiger partial charge is 0.303 e. The summed E-state index contributed by atoms with van der Waals surface area (Å²) in [6, 6.07) is 6.66. The molecule has 1 aromatic heterocycles. The lowest BCUT2D eigenvalue weighted by atomic mass is 9.90. The molecular formula is C36H43NO18. The molecule has 2 aliphatic heterocycles. The van der Waals surface area contributed by atoms with Crippen LogP contribution in [0.5, 0.6) is 0 Å². The van der Waals surface area contributed by atoms with Crippen molar-refractivity contribution in [1.82, 2.24) is 4.57 Å². The average Bonchev–Trinajstić information content (AvgIpc) is 3.44. The molecule has 19 nitrogen and oxygen atoms in total. The first-order valence-corrected chi connectivity index (χ1v) is 17.1. The molecule has 1 aromatic carbocycles. The summed E-state index contributed by atoms with van der Waals surface area (Å²) >= 11 is 0. The Bertz CT molecular complexity index is 1680. The van der Waals surface area contributed by atoms with E-state index in [1.807, 2.05) is 0 Å². The zero-order chi connectivity index (χ0) is 40.7. The van der Waals surface area contributed by atoms with Crippen LogP contribution in [-0.4, -0.2) is 114 Å². The van der Waals surface area contributed by atoms with Crippen molar-refractivity contribution >= 4 is 58.7 Å². The predicted octanol–water partition coefficient (Wildman–Crippen LogP) is 1.70. The number of ether oxygens (including phenoxy) is 10. The third-order valence-electron chi connectivity index (χ3n) is 8.31. The monoisotopic (exact) mass is 777 g/mol. The molecule has 3 heterocycles. The highest BCUT2D eigenvalue weighted by atomic mass is 16.7. The van der Waals surface area contributed by atoms with E-state index in [0.29, 0.717) is 10.9 Å². The van der Waals surface area contributed by atoms with Crippen LogP contribution in [0.4, 0.5) is 0 Å². The van der Waals surface area contributed by atoms with Gasteiger partial charge in [-0.2, -0.15) is 0 Å². The highest BCUT2D eigenvalue weighted by molar-refractivity contribution is 5.85. The van der Waals surface area contributed by atoms with Crippen LogP contribution in [0.25, 0.3) is 10.9 Å². The Labute approximate surface area is 314 Å². The summed E-state index contributed by atoms with van der Waals surface area (Å²) in [5, 5.41) is 0.427. The summed E-state index contributed by atoms with van der Waals surface area (Å²) in [5.41, 5.74) is 0.646. The molecule has 19 heteroatoms. The Hall–Kier alpha value is -5.56. The minimum Gasteiger partial charge on any atom is -0.463 e. The van der Waals surface area contributed by atoms with Crippen molar-refractivity contribution in [2.24, 2.45) is 0 Å². The summed E-state index contributed by atoms with van der Waals surface area (Å²) in [7, 11) is 0. The number of nitrogens with zero attached hydrogens (tertiary/aromatic N) is 1. The standard InChI is InChI=1S/C36H43NO18/c1-16(38)46-14-27-30(48-18(3)40)33(51-21(6)43)32(50-20(5)42)29(54-27)25-13-37(26-12-10-9-11-24(25)26)36-35(53-23(8)45)34(52-22(7)44)31(49-19(4)41)28(55-36)15-47-17(2)39/h9-13,27-36H,14-15H2,1-8H3/t27-,28-,29-,30-,31-,32-,33+,34+,35+,36+/m1/s1. The van der Waals surface area contributed by atoms with Crippen LogP contribution >= 0.6 is 0 Å². The molecule has 2 aromatic rings. The van der Waals surface area contributed by atoms with Crippen molar-refractivity contribution in [2.75, 3.05) is 13.2 Å². The Balaban J connectivity index is 1.97. The molecule has 2 aliphatic rings. The molecule has 0 unspecified atom stereocenters. The molecule has 0 bridgehead atoms. The van der Waals surface area contributed by atoms with E-state index in [2.05, 4.69) is 0 Å². The number of esters is 8. The molecule has 0 aliphatic carbocycles. The van der Waals surface area contributed by atoms with Crippen LogP contribution < -0.4 is 0 Å². The molecule has 10 atom stereocenters. The van der Waals surface area contributed by atoms with Gasteiger partial charge in [0.15, 0.2) is 42.9 Å². The maximum Gasteiger partial charge on any atom is 0.303 e. The summed E-state index contributed by atoms with van der Waals surface area (Å²) in [6.07, 6.45) is -12.6. The number of hydrogen-bond donors (Lipinski definition) is 0. The van der Waals surface area contributed by atoms with Crippen LogP contribution in [-0.2, 0) is 85.7 Å². The van der Waals surface area contributed by atoms with Gasteiger partial charge in [-0.05, 0) is 6.07 Å². The van der Waals surface area contributed by atoms with Crippen LogP contribution in [0, 0.1) is 0 Å². The Morgan fingerprint density at radius 1 is 0.509 bits per heavy atom. The van der Waals surface area contributed by atoms with Gasteiger partial charge in [0.1, 0.15) is 31.5 Å². The minimum absolute atomic E-state index is 0.265. The van der Waals surface area contributed by atoms with E-state index >= 15 is 0 Å². The van der Waals surface area contributed by atoms with Crippen LogP contribution in [0.2, 0.25) is 0 Å². The number of carbonyl (C=O) groups is 8. The maximum atomic E-state index is 12.6. The Morgan fingerprint density at radius 2 is 0.909 bits per heavy atom. The van der Waals surface area contributed by atoms with Gasteiger partial charge in [-0.15, -0.1) is 0 Å². The predicted molar refractivity (Wildman–Crippen MR) is 180 cm³/mol. The van der Waals surface area contributed by atoms with Crippen LogP contribution in [0.3, 0.4) is 0 Å². The number of para-hydroxylation sites is 1. The third-order valence-corrected chi connectivity index (χ3v) is 8.31. The molecule has 0 saturated carbocycles. The van der Waals surface area contributed by atoms with Crippen LogP contribution in [0.1, 0.15) is 73.3 Å². The van der Waals surface area contributed by atoms with Crippen molar-refractivity contribution in [3.63, 3.8) is 0 Å². The van der Waals surface area contributed by atoms with Crippen molar-refractivity contribution < 1.29 is 85.7 Å². The van der Waals surface area contributed by atoms with Gasteiger partial charge in [0.05, 0.1) is 5.52 Å². The van der Waals surface area contributed by atoms with Gasteiger partial charge in [0.2, 0.25) is 0 Å². The molecule has 2 fully saturated rings. The second-order valence-electron chi connectivity index (χ2n) is 12.7. The van der Waals surface area contributed by atoms with E-state index in [9.17, 15) is 38.4 Å². The Kier molecular flexibility index (Phi) is 13.9. The quantitative estimate of drug-likeness (QED) is 0.220. The van der Waals surface area contributed by atoms with Crippen molar-refractivity contribution in [3.8, 4) is 0 Å². The second kappa shape index (κ2) is 18.2. The zero-order valence-electron chi connectivity index (χ0n) is 31.4. The van der Waals surface area contributed by atoms with E-state index < -0.39 is 122 Å². The molecule has 55 heavy (non-hydrogen) atoms. The first-order valence-electron chi connectivity index (χ1n) is 17.1. The molecule has 0 N–H and O–H groups in total. The lowest BCUT2D eigenvalue weighted by Crippen LogP contribution is -2.60. The average molecular weight is 778 g/mol. The summed E-state index contributed by atoms with van der Waals surface area (Å²) in [5.74, 6) is -6.33. The molecular weight excluding hydrogens is 734 g/mol. The third kappa shape index (κ3) is 10.6. The summed E-state index contributed by atoms with van der Waals surface area (Å²) in [4.78, 5) is 98.5. The van der Waals surface area contributed by atoms with Gasteiger partial charge < -0.3 is 51.9 Å². The van der Waals surface area contributed by atoms with Gasteiger partial charge in [0, 0.05) is 72.5 Å². The molecule has 0 spiro atoms. The number of hydrogen-bond acceptors (Lipinski definition) is 18. The van der Waals surface area contributed by atoms with Gasteiger partial charge in [-0.25, -0.2) is 0 Å². The highest BCUT2D eigenvalue weighted by Gasteiger charge is 2.55. The molecule has 0 amide bonds. The first-order chi connectivity index (χ1) is 25.9. The fourth-order valence-corrected chi connectivity index (χ4v) is 6.58.